The van der Waals surface area contributed by atoms with E-state index >= 15 is 0 Å². The Morgan fingerprint density at radius 3 is 1.22 bits per heavy atom. The van der Waals surface area contributed by atoms with Gasteiger partial charge < -0.3 is 0 Å². The van der Waals surface area contributed by atoms with Crippen LogP contribution in [0, 0.1) is 23.2 Å². The van der Waals surface area contributed by atoms with Crippen LogP contribution in [-0.4, -0.2) is 15.0 Å². The number of nitrogens with zero attached hydrogens (tertiary/aromatic N) is 4. The van der Waals surface area contributed by atoms with Gasteiger partial charge in [0.25, 0.3) is 0 Å². The van der Waals surface area contributed by atoms with Gasteiger partial charge in [-0.2, -0.15) is 5.26 Å². The highest BCUT2D eigenvalue weighted by molar-refractivity contribution is 5.77. The Labute approximate surface area is 352 Å². The van der Waals surface area contributed by atoms with Crippen LogP contribution in [0.1, 0.15) is 55.2 Å². The quantitative estimate of drug-likeness (QED) is 0.154. The van der Waals surface area contributed by atoms with E-state index in [0.717, 1.165) is 45.2 Å². The first-order valence-corrected chi connectivity index (χ1v) is 21.3. The van der Waals surface area contributed by atoms with Gasteiger partial charge in [-0.05, 0) is 130 Å². The minimum absolute atomic E-state index is 0.229. The molecule has 0 N–H and O–H groups in total. The molecule has 12 rings (SSSR count). The van der Waals surface area contributed by atoms with Gasteiger partial charge in [0.2, 0.25) is 0 Å². The first-order chi connectivity index (χ1) is 29.5. The Hall–Kier alpha value is -6.96. The molecule has 4 bridgehead atoms. The smallest absolute Gasteiger partial charge is 0.164 e. The molecule has 4 heteroatoms. The van der Waals surface area contributed by atoms with E-state index in [2.05, 4.69) is 115 Å². The Balaban J connectivity index is 0.866. The van der Waals surface area contributed by atoms with Crippen LogP contribution < -0.4 is 0 Å². The lowest BCUT2D eigenvalue weighted by atomic mass is 9.41. The van der Waals surface area contributed by atoms with E-state index in [1.54, 1.807) is 0 Å². The zero-order valence-electron chi connectivity index (χ0n) is 33.5. The number of aromatic nitrogens is 3. The van der Waals surface area contributed by atoms with Crippen LogP contribution in [0.2, 0.25) is 0 Å². The predicted octanol–water partition coefficient (Wildman–Crippen LogP) is 13.5. The highest BCUT2D eigenvalue weighted by Crippen LogP contribution is 2.66. The monoisotopic (exact) mass is 772 g/mol. The molecule has 8 aromatic rings. The third kappa shape index (κ3) is 6.61. The number of nitriles is 1. The van der Waals surface area contributed by atoms with Crippen molar-refractivity contribution in [2.24, 2.45) is 11.8 Å². The van der Waals surface area contributed by atoms with Crippen molar-refractivity contribution in [1.29, 1.82) is 5.26 Å². The maximum Gasteiger partial charge on any atom is 0.164 e. The summed E-state index contributed by atoms with van der Waals surface area (Å²) >= 11 is 0. The fraction of sp³-hybridized carbons (Fsp3) is 0.179. The van der Waals surface area contributed by atoms with Crippen LogP contribution in [0.5, 0.6) is 0 Å². The zero-order valence-corrected chi connectivity index (χ0v) is 33.5. The summed E-state index contributed by atoms with van der Waals surface area (Å²) in [5.41, 5.74) is 14.2. The van der Waals surface area contributed by atoms with Crippen LogP contribution in [0.4, 0.5) is 0 Å². The second-order valence-corrected chi connectivity index (χ2v) is 17.6. The molecule has 60 heavy (non-hydrogen) atoms. The van der Waals surface area contributed by atoms with Gasteiger partial charge in [0, 0.05) is 16.7 Å². The summed E-state index contributed by atoms with van der Waals surface area (Å²) in [6, 6.07) is 67.0. The molecule has 4 saturated carbocycles. The molecule has 2 unspecified atom stereocenters. The molecule has 7 aromatic carbocycles. The molecule has 4 aliphatic rings. The fourth-order valence-corrected chi connectivity index (χ4v) is 11.4. The summed E-state index contributed by atoms with van der Waals surface area (Å²) in [5.74, 6) is 3.54. The molecule has 0 saturated heterocycles. The third-order valence-corrected chi connectivity index (χ3v) is 13.8. The topological polar surface area (TPSA) is 62.5 Å². The lowest BCUT2D eigenvalue weighted by molar-refractivity contribution is -0.0281. The van der Waals surface area contributed by atoms with Crippen molar-refractivity contribution in [2.45, 2.75) is 49.4 Å². The standard InChI is InChI=1S/C56H44N4/c57-36-38-17-19-41(20-18-38)42-21-25-50(26-22-42)55-32-39-29-40(33-55)35-56(34-39,37-55)51-27-23-43(24-28-51)46-13-7-14-47(30-46)48-15-8-16-49(31-48)54-59-52(44-9-3-1-4-10-44)58-53(60-54)45-11-5-2-6-12-45/h1-28,30-31,39-40H,29,32-35,37H2. The molecule has 0 spiro atoms. The SMILES string of the molecule is N#Cc1ccc(-c2ccc(C34CC5CC(C3)CC(c3ccc(-c6cccc(-c7cccc(-c8nc(-c9ccccc9)nc(-c9ccccc9)n8)c7)c6)cc3)(C5)C4)cc2)cc1. The van der Waals surface area contributed by atoms with Crippen molar-refractivity contribution < 1.29 is 0 Å². The normalized spacial score (nSPS) is 21.4. The summed E-state index contributed by atoms with van der Waals surface area (Å²) in [6.45, 7) is 0. The highest BCUT2D eigenvalue weighted by atomic mass is 15.0. The third-order valence-electron chi connectivity index (χ3n) is 13.8. The van der Waals surface area contributed by atoms with E-state index in [9.17, 15) is 5.26 Å². The van der Waals surface area contributed by atoms with E-state index in [4.69, 9.17) is 15.0 Å². The largest absolute Gasteiger partial charge is 0.208 e. The molecular formula is C56H44N4. The van der Waals surface area contributed by atoms with E-state index in [0.29, 0.717) is 23.0 Å². The average molecular weight is 773 g/mol. The number of hydrogen-bond donors (Lipinski definition) is 0. The van der Waals surface area contributed by atoms with Gasteiger partial charge in [-0.25, -0.2) is 15.0 Å². The second kappa shape index (κ2) is 14.7. The van der Waals surface area contributed by atoms with Crippen LogP contribution in [0.25, 0.3) is 67.5 Å². The van der Waals surface area contributed by atoms with Gasteiger partial charge in [-0.1, -0.05) is 158 Å². The molecule has 4 nitrogen and oxygen atoms in total. The van der Waals surface area contributed by atoms with Gasteiger partial charge in [-0.15, -0.1) is 0 Å². The summed E-state index contributed by atoms with van der Waals surface area (Å²) in [6.07, 6.45) is 7.84. The molecule has 1 heterocycles. The van der Waals surface area contributed by atoms with Gasteiger partial charge in [-0.3, -0.25) is 0 Å². The predicted molar refractivity (Wildman–Crippen MR) is 242 cm³/mol. The van der Waals surface area contributed by atoms with Crippen molar-refractivity contribution >= 4 is 0 Å². The maximum absolute atomic E-state index is 9.25. The van der Waals surface area contributed by atoms with Gasteiger partial charge >= 0.3 is 0 Å². The van der Waals surface area contributed by atoms with Crippen LogP contribution >= 0.6 is 0 Å². The summed E-state index contributed by atoms with van der Waals surface area (Å²) in [4.78, 5) is 14.9. The highest BCUT2D eigenvalue weighted by Gasteiger charge is 2.58. The second-order valence-electron chi connectivity index (χ2n) is 17.6. The first-order valence-electron chi connectivity index (χ1n) is 21.3. The van der Waals surface area contributed by atoms with Gasteiger partial charge in [0.15, 0.2) is 17.5 Å². The van der Waals surface area contributed by atoms with E-state index in [1.165, 1.54) is 66.3 Å². The molecule has 1 aromatic heterocycles. The van der Waals surface area contributed by atoms with Crippen molar-refractivity contribution in [3.63, 3.8) is 0 Å². The van der Waals surface area contributed by atoms with Crippen molar-refractivity contribution in [3.05, 3.63) is 199 Å². The number of benzene rings is 7. The Kier molecular flexibility index (Phi) is 8.85. The molecule has 4 aliphatic carbocycles. The lowest BCUT2D eigenvalue weighted by Gasteiger charge is -2.63. The van der Waals surface area contributed by atoms with Gasteiger partial charge in [0.05, 0.1) is 11.6 Å². The summed E-state index contributed by atoms with van der Waals surface area (Å²) < 4.78 is 0. The average Bonchev–Trinajstić information content (AvgIpc) is 3.32. The maximum atomic E-state index is 9.25. The minimum Gasteiger partial charge on any atom is -0.208 e. The van der Waals surface area contributed by atoms with E-state index in [1.807, 2.05) is 72.8 Å². The van der Waals surface area contributed by atoms with E-state index in [-0.39, 0.29) is 10.8 Å². The Morgan fingerprint density at radius 2 is 0.750 bits per heavy atom. The fourth-order valence-electron chi connectivity index (χ4n) is 11.4. The lowest BCUT2D eigenvalue weighted by Crippen LogP contribution is -2.55. The molecule has 4 fully saturated rings. The number of hydrogen-bond acceptors (Lipinski definition) is 4. The molecule has 0 amide bonds. The Morgan fingerprint density at radius 1 is 0.383 bits per heavy atom. The summed E-state index contributed by atoms with van der Waals surface area (Å²) in [5, 5.41) is 9.25. The van der Waals surface area contributed by atoms with Crippen LogP contribution in [0.15, 0.2) is 182 Å². The van der Waals surface area contributed by atoms with Crippen LogP contribution in [-0.2, 0) is 10.8 Å². The van der Waals surface area contributed by atoms with Crippen molar-refractivity contribution in [3.8, 4) is 73.6 Å². The molecule has 0 radical (unpaired) electrons. The molecule has 288 valence electrons. The minimum atomic E-state index is 0.229. The number of rotatable bonds is 8. The van der Waals surface area contributed by atoms with Crippen molar-refractivity contribution in [1.82, 2.24) is 15.0 Å². The summed E-state index contributed by atoms with van der Waals surface area (Å²) in [7, 11) is 0. The molecular weight excluding hydrogens is 729 g/mol. The van der Waals surface area contributed by atoms with Crippen molar-refractivity contribution in [2.75, 3.05) is 0 Å². The molecule has 2 atom stereocenters. The van der Waals surface area contributed by atoms with Crippen LogP contribution in [0.3, 0.4) is 0 Å². The Bertz CT molecular complexity index is 2800. The van der Waals surface area contributed by atoms with Gasteiger partial charge in [0.1, 0.15) is 0 Å². The van der Waals surface area contributed by atoms with E-state index < -0.39 is 0 Å². The first kappa shape index (κ1) is 36.1. The molecule has 0 aliphatic heterocycles. The zero-order chi connectivity index (χ0) is 40.1.